The summed E-state index contributed by atoms with van der Waals surface area (Å²) in [7, 11) is 0. The van der Waals surface area contributed by atoms with Gasteiger partial charge in [-0.2, -0.15) is 0 Å². The van der Waals surface area contributed by atoms with Crippen LogP contribution in [-0.4, -0.2) is 25.5 Å². The van der Waals surface area contributed by atoms with Crippen LogP contribution in [0.5, 0.6) is 5.75 Å². The van der Waals surface area contributed by atoms with Gasteiger partial charge in [-0.3, -0.25) is 4.79 Å². The molecule has 2 unspecified atom stereocenters. The third-order valence-electron chi connectivity index (χ3n) is 2.99. The third kappa shape index (κ3) is 6.06. The molecule has 0 aromatic heterocycles. The molecule has 4 heteroatoms. The van der Waals surface area contributed by atoms with Gasteiger partial charge in [0.15, 0.2) is 0 Å². The zero-order valence-electron chi connectivity index (χ0n) is 12.5. The van der Waals surface area contributed by atoms with Gasteiger partial charge < -0.3 is 14.2 Å². The van der Waals surface area contributed by atoms with Crippen molar-refractivity contribution in [2.75, 3.05) is 13.2 Å². The van der Waals surface area contributed by atoms with Crippen molar-refractivity contribution in [2.45, 2.75) is 39.9 Å². The lowest BCUT2D eigenvalue weighted by atomic mass is 10.1. The molecule has 0 bridgehead atoms. The van der Waals surface area contributed by atoms with Crippen LogP contribution in [-0.2, 0) is 14.3 Å². The molecule has 0 saturated carbocycles. The molecule has 112 valence electrons. The first-order valence-corrected chi connectivity index (χ1v) is 7.17. The molecule has 1 aromatic rings. The molecule has 0 radical (unpaired) electrons. The van der Waals surface area contributed by atoms with Gasteiger partial charge in [0.05, 0.1) is 12.5 Å². The molecule has 0 heterocycles. The molecule has 20 heavy (non-hydrogen) atoms. The first kappa shape index (κ1) is 16.5. The molecule has 0 spiro atoms. The fourth-order valence-electron chi connectivity index (χ4n) is 1.50. The Morgan fingerprint density at radius 3 is 2.40 bits per heavy atom. The predicted molar refractivity (Wildman–Crippen MR) is 77.5 cm³/mol. The Hall–Kier alpha value is -1.55. The largest absolute Gasteiger partial charge is 0.491 e. The van der Waals surface area contributed by atoms with E-state index in [9.17, 15) is 4.79 Å². The number of carbonyl (C=O) groups excluding carboxylic acids is 1. The van der Waals surface area contributed by atoms with E-state index < -0.39 is 6.29 Å². The highest BCUT2D eigenvalue weighted by Gasteiger charge is 2.17. The maximum absolute atomic E-state index is 11.7. The zero-order valence-corrected chi connectivity index (χ0v) is 12.5. The van der Waals surface area contributed by atoms with Crippen LogP contribution in [0, 0.1) is 5.92 Å². The lowest BCUT2D eigenvalue weighted by Crippen LogP contribution is -2.26. The molecule has 2 atom stereocenters. The summed E-state index contributed by atoms with van der Waals surface area (Å²) < 4.78 is 16.3. The summed E-state index contributed by atoms with van der Waals surface area (Å²) in [5, 5.41) is 0. The van der Waals surface area contributed by atoms with Gasteiger partial charge in [-0.15, -0.1) is 0 Å². The zero-order chi connectivity index (χ0) is 14.8. The highest BCUT2D eigenvalue weighted by Crippen LogP contribution is 2.10. The van der Waals surface area contributed by atoms with E-state index in [4.69, 9.17) is 14.2 Å². The minimum Gasteiger partial charge on any atom is -0.491 e. The lowest BCUT2D eigenvalue weighted by Gasteiger charge is -2.19. The first-order chi connectivity index (χ1) is 9.67. The Balaban J connectivity index is 2.23. The fourth-order valence-corrected chi connectivity index (χ4v) is 1.50. The van der Waals surface area contributed by atoms with Gasteiger partial charge in [-0.05, 0) is 18.6 Å². The van der Waals surface area contributed by atoms with Gasteiger partial charge in [0, 0.05) is 6.42 Å². The van der Waals surface area contributed by atoms with Crippen LogP contribution in [0.15, 0.2) is 30.3 Å². The van der Waals surface area contributed by atoms with E-state index in [0.717, 1.165) is 12.2 Å². The first-order valence-electron chi connectivity index (χ1n) is 7.17. The number of carbonyl (C=O) groups is 1. The van der Waals surface area contributed by atoms with E-state index in [2.05, 4.69) is 0 Å². The smallest absolute Gasteiger partial charge is 0.310 e. The molecule has 0 amide bonds. The second-order valence-electron chi connectivity index (χ2n) is 4.62. The van der Waals surface area contributed by atoms with Gasteiger partial charge in [0.25, 0.3) is 0 Å². The van der Waals surface area contributed by atoms with Crippen molar-refractivity contribution in [1.82, 2.24) is 0 Å². The molecule has 0 N–H and O–H groups in total. The highest BCUT2D eigenvalue weighted by molar-refractivity contribution is 5.71. The summed E-state index contributed by atoms with van der Waals surface area (Å²) in [6, 6.07) is 9.54. The Morgan fingerprint density at radius 1 is 1.10 bits per heavy atom. The molecule has 1 aromatic carbocycles. The predicted octanol–water partition coefficient (Wildman–Crippen LogP) is 3.41. The van der Waals surface area contributed by atoms with Crippen molar-refractivity contribution in [2.24, 2.45) is 5.92 Å². The number of benzene rings is 1. The average Bonchev–Trinajstić information content (AvgIpc) is 2.50. The van der Waals surface area contributed by atoms with E-state index in [1.54, 1.807) is 0 Å². The van der Waals surface area contributed by atoms with Crippen LogP contribution in [0.1, 0.15) is 33.6 Å². The Morgan fingerprint density at radius 2 is 1.80 bits per heavy atom. The van der Waals surface area contributed by atoms with Crippen molar-refractivity contribution in [3.63, 3.8) is 0 Å². The number of hydrogen-bond acceptors (Lipinski definition) is 4. The second-order valence-corrected chi connectivity index (χ2v) is 4.62. The fraction of sp³-hybridized carbons (Fsp3) is 0.562. The second kappa shape index (κ2) is 9.37. The summed E-state index contributed by atoms with van der Waals surface area (Å²) in [6.07, 6.45) is 0.913. The molecule has 0 saturated heterocycles. The monoisotopic (exact) mass is 280 g/mol. The van der Waals surface area contributed by atoms with Crippen LogP contribution in [0.3, 0.4) is 0 Å². The van der Waals surface area contributed by atoms with Crippen molar-refractivity contribution in [1.29, 1.82) is 0 Å². The minimum atomic E-state index is -0.490. The Kier molecular flexibility index (Phi) is 7.73. The topological polar surface area (TPSA) is 44.8 Å². The van der Waals surface area contributed by atoms with Gasteiger partial charge in [0.1, 0.15) is 12.4 Å². The normalized spacial score (nSPS) is 13.6. The molecule has 0 aliphatic rings. The molecule has 4 nitrogen and oxygen atoms in total. The van der Waals surface area contributed by atoms with Crippen molar-refractivity contribution < 1.29 is 19.0 Å². The van der Waals surface area contributed by atoms with Crippen molar-refractivity contribution in [3.05, 3.63) is 30.3 Å². The molecule has 0 aliphatic carbocycles. The van der Waals surface area contributed by atoms with E-state index >= 15 is 0 Å². The molecular formula is C16H24O4. The molecular weight excluding hydrogens is 256 g/mol. The SMILES string of the molecule is CCC(OCCOc1ccccc1)OC(=O)C(C)CC. The summed E-state index contributed by atoms with van der Waals surface area (Å²) in [5.74, 6) is 0.511. The van der Waals surface area contributed by atoms with E-state index in [0.29, 0.717) is 19.6 Å². The molecule has 0 aliphatic heterocycles. The van der Waals surface area contributed by atoms with Crippen LogP contribution < -0.4 is 4.74 Å². The summed E-state index contributed by atoms with van der Waals surface area (Å²) in [4.78, 5) is 11.7. The van der Waals surface area contributed by atoms with Gasteiger partial charge in [0.2, 0.25) is 6.29 Å². The summed E-state index contributed by atoms with van der Waals surface area (Å²) in [5.41, 5.74) is 0. The quantitative estimate of drug-likeness (QED) is 0.395. The van der Waals surface area contributed by atoms with E-state index in [1.165, 1.54) is 0 Å². The number of ether oxygens (including phenoxy) is 3. The average molecular weight is 280 g/mol. The maximum atomic E-state index is 11.7. The van der Waals surface area contributed by atoms with Crippen LogP contribution >= 0.6 is 0 Å². The van der Waals surface area contributed by atoms with Gasteiger partial charge >= 0.3 is 5.97 Å². The number of rotatable bonds is 9. The molecule has 1 rings (SSSR count). The number of para-hydroxylation sites is 1. The number of esters is 1. The van der Waals surface area contributed by atoms with E-state index in [-0.39, 0.29) is 11.9 Å². The van der Waals surface area contributed by atoms with Crippen LogP contribution in [0.4, 0.5) is 0 Å². The lowest BCUT2D eigenvalue weighted by molar-refractivity contribution is -0.184. The summed E-state index contributed by atoms with van der Waals surface area (Å²) >= 11 is 0. The van der Waals surface area contributed by atoms with Crippen LogP contribution in [0.25, 0.3) is 0 Å². The van der Waals surface area contributed by atoms with Crippen molar-refractivity contribution >= 4 is 5.97 Å². The standard InChI is InChI=1S/C16H24O4/c1-4-13(3)16(17)20-15(5-2)19-12-11-18-14-9-7-6-8-10-14/h6-10,13,15H,4-5,11-12H2,1-3H3. The molecule has 0 fully saturated rings. The van der Waals surface area contributed by atoms with Gasteiger partial charge in [-0.25, -0.2) is 0 Å². The van der Waals surface area contributed by atoms with Crippen molar-refractivity contribution in [3.8, 4) is 5.75 Å². The highest BCUT2D eigenvalue weighted by atomic mass is 16.7. The summed E-state index contributed by atoms with van der Waals surface area (Å²) in [6.45, 7) is 6.56. The number of hydrogen-bond donors (Lipinski definition) is 0. The van der Waals surface area contributed by atoms with Crippen LogP contribution in [0.2, 0.25) is 0 Å². The Labute approximate surface area is 121 Å². The Bertz CT molecular complexity index is 377. The van der Waals surface area contributed by atoms with E-state index in [1.807, 2.05) is 51.1 Å². The minimum absolute atomic E-state index is 0.0896. The third-order valence-corrected chi connectivity index (χ3v) is 2.99. The van der Waals surface area contributed by atoms with Gasteiger partial charge in [-0.1, -0.05) is 39.0 Å². The maximum Gasteiger partial charge on any atom is 0.310 e.